The molecule has 0 atom stereocenters. The Bertz CT molecular complexity index is 944. The molecule has 4 rings (SSSR count). The quantitative estimate of drug-likeness (QED) is 0.608. The van der Waals surface area contributed by atoms with Gasteiger partial charge in [-0.15, -0.1) is 0 Å². The number of amides is 1. The standard InChI is InChI=1S/C20H17BrN2O3S/c1-2-8-23-19(24)18(27-20(23)22-14-6-4-3-5-7-14)10-13-9-16-17(11-15(13)21)26-12-25-16/h3-7,9-11H,2,8,12H2,1H3/b18-10+,22-20?. The van der Waals surface area contributed by atoms with E-state index in [9.17, 15) is 4.79 Å². The van der Waals surface area contributed by atoms with Crippen molar-refractivity contribution in [3.05, 3.63) is 57.4 Å². The van der Waals surface area contributed by atoms with Gasteiger partial charge < -0.3 is 9.47 Å². The van der Waals surface area contributed by atoms with Crippen LogP contribution in [0.3, 0.4) is 0 Å². The average molecular weight is 445 g/mol. The number of hydrogen-bond donors (Lipinski definition) is 0. The Morgan fingerprint density at radius 3 is 2.70 bits per heavy atom. The predicted octanol–water partition coefficient (Wildman–Crippen LogP) is 5.19. The first-order chi connectivity index (χ1) is 13.2. The van der Waals surface area contributed by atoms with E-state index in [0.29, 0.717) is 28.1 Å². The van der Waals surface area contributed by atoms with Gasteiger partial charge in [-0.05, 0) is 54.1 Å². The van der Waals surface area contributed by atoms with Crippen LogP contribution < -0.4 is 9.47 Å². The van der Waals surface area contributed by atoms with Crippen molar-refractivity contribution in [2.45, 2.75) is 13.3 Å². The number of carbonyl (C=O) groups is 1. The number of aliphatic imine (C=N–C) groups is 1. The van der Waals surface area contributed by atoms with Gasteiger partial charge in [0.25, 0.3) is 5.91 Å². The van der Waals surface area contributed by atoms with E-state index in [4.69, 9.17) is 9.47 Å². The fraction of sp³-hybridized carbons (Fsp3) is 0.200. The Balaban J connectivity index is 1.69. The van der Waals surface area contributed by atoms with E-state index in [2.05, 4.69) is 20.9 Å². The average Bonchev–Trinajstić information content (AvgIpc) is 3.23. The Hall–Kier alpha value is -2.25. The lowest BCUT2D eigenvalue weighted by molar-refractivity contribution is -0.122. The van der Waals surface area contributed by atoms with Gasteiger partial charge in [0.15, 0.2) is 16.7 Å². The lowest BCUT2D eigenvalue weighted by atomic mass is 10.2. The highest BCUT2D eigenvalue weighted by atomic mass is 79.9. The number of ether oxygens (including phenoxy) is 2. The molecule has 0 saturated carbocycles. The van der Waals surface area contributed by atoms with Gasteiger partial charge in [-0.25, -0.2) is 4.99 Å². The molecule has 2 aromatic rings. The lowest BCUT2D eigenvalue weighted by Gasteiger charge is -2.13. The van der Waals surface area contributed by atoms with Gasteiger partial charge in [0.1, 0.15) is 0 Å². The number of hydrogen-bond acceptors (Lipinski definition) is 5. The molecule has 7 heteroatoms. The summed E-state index contributed by atoms with van der Waals surface area (Å²) in [6.45, 7) is 2.90. The first-order valence-corrected chi connectivity index (χ1v) is 10.2. The number of rotatable bonds is 4. The summed E-state index contributed by atoms with van der Waals surface area (Å²) in [7, 11) is 0. The van der Waals surface area contributed by atoms with E-state index in [1.165, 1.54) is 11.8 Å². The Morgan fingerprint density at radius 2 is 1.96 bits per heavy atom. The second kappa shape index (κ2) is 7.78. The van der Waals surface area contributed by atoms with Gasteiger partial charge in [0.05, 0.1) is 10.6 Å². The third-order valence-electron chi connectivity index (χ3n) is 4.09. The van der Waals surface area contributed by atoms with Gasteiger partial charge in [0.2, 0.25) is 6.79 Å². The number of fused-ring (bicyclic) bond motifs is 1. The molecule has 2 aliphatic heterocycles. The number of para-hydroxylation sites is 1. The zero-order chi connectivity index (χ0) is 18.8. The van der Waals surface area contributed by atoms with Crippen molar-refractivity contribution >= 4 is 50.5 Å². The third kappa shape index (κ3) is 3.75. The Kier molecular flexibility index (Phi) is 5.22. The highest BCUT2D eigenvalue weighted by molar-refractivity contribution is 9.10. The molecule has 1 fully saturated rings. The van der Waals surface area contributed by atoms with Crippen LogP contribution in [0.5, 0.6) is 11.5 Å². The summed E-state index contributed by atoms with van der Waals surface area (Å²) in [5.41, 5.74) is 1.70. The first-order valence-electron chi connectivity index (χ1n) is 8.60. The van der Waals surface area contributed by atoms with E-state index < -0.39 is 0 Å². The highest BCUT2D eigenvalue weighted by Gasteiger charge is 2.33. The van der Waals surface area contributed by atoms with Crippen molar-refractivity contribution in [2.24, 2.45) is 4.99 Å². The van der Waals surface area contributed by atoms with Gasteiger partial charge in [-0.1, -0.05) is 41.1 Å². The van der Waals surface area contributed by atoms with Crippen molar-refractivity contribution in [1.29, 1.82) is 0 Å². The van der Waals surface area contributed by atoms with Crippen LogP contribution in [0.1, 0.15) is 18.9 Å². The van der Waals surface area contributed by atoms with Crippen LogP contribution in [-0.4, -0.2) is 29.3 Å². The fourth-order valence-corrected chi connectivity index (χ4v) is 4.26. The number of thioether (sulfide) groups is 1. The molecule has 5 nitrogen and oxygen atoms in total. The summed E-state index contributed by atoms with van der Waals surface area (Å²) < 4.78 is 11.7. The molecule has 27 heavy (non-hydrogen) atoms. The van der Waals surface area contributed by atoms with Gasteiger partial charge in [0, 0.05) is 11.0 Å². The van der Waals surface area contributed by atoms with E-state index in [-0.39, 0.29) is 12.7 Å². The fourth-order valence-electron chi connectivity index (χ4n) is 2.81. The molecule has 0 N–H and O–H groups in total. The van der Waals surface area contributed by atoms with Gasteiger partial charge in [-0.2, -0.15) is 0 Å². The molecule has 0 aromatic heterocycles. The maximum absolute atomic E-state index is 12.9. The highest BCUT2D eigenvalue weighted by Crippen LogP contribution is 2.40. The molecule has 0 radical (unpaired) electrons. The molecule has 2 heterocycles. The number of nitrogens with zero attached hydrogens (tertiary/aromatic N) is 2. The largest absolute Gasteiger partial charge is 0.454 e. The summed E-state index contributed by atoms with van der Waals surface area (Å²) in [4.78, 5) is 20.0. The number of halogens is 1. The van der Waals surface area contributed by atoms with E-state index in [0.717, 1.165) is 22.1 Å². The predicted molar refractivity (Wildman–Crippen MR) is 111 cm³/mol. The summed E-state index contributed by atoms with van der Waals surface area (Å²) >= 11 is 4.94. The summed E-state index contributed by atoms with van der Waals surface area (Å²) in [6.07, 6.45) is 2.73. The second-order valence-electron chi connectivity index (χ2n) is 6.02. The molecule has 0 bridgehead atoms. The molecule has 0 aliphatic carbocycles. The second-order valence-corrected chi connectivity index (χ2v) is 7.89. The van der Waals surface area contributed by atoms with E-state index >= 15 is 0 Å². The van der Waals surface area contributed by atoms with Crippen LogP contribution in [0.2, 0.25) is 0 Å². The van der Waals surface area contributed by atoms with E-state index in [1.54, 1.807) is 4.90 Å². The monoisotopic (exact) mass is 444 g/mol. The maximum atomic E-state index is 12.9. The molecular weight excluding hydrogens is 428 g/mol. The number of carbonyl (C=O) groups excluding carboxylic acids is 1. The molecule has 1 saturated heterocycles. The summed E-state index contributed by atoms with van der Waals surface area (Å²) in [5.74, 6) is 1.36. The Morgan fingerprint density at radius 1 is 1.22 bits per heavy atom. The smallest absolute Gasteiger partial charge is 0.266 e. The molecule has 0 unspecified atom stereocenters. The SMILES string of the molecule is CCCN1C(=O)/C(=C\c2cc3c(cc2Br)OCO3)SC1=Nc1ccccc1. The van der Waals surface area contributed by atoms with Crippen LogP contribution >= 0.6 is 27.7 Å². The molecule has 0 spiro atoms. The van der Waals surface area contributed by atoms with Crippen molar-refractivity contribution in [1.82, 2.24) is 4.90 Å². The zero-order valence-corrected chi connectivity index (χ0v) is 17.0. The van der Waals surface area contributed by atoms with E-state index in [1.807, 2.05) is 55.5 Å². The van der Waals surface area contributed by atoms with Crippen LogP contribution in [0.4, 0.5) is 5.69 Å². The molecule has 1 amide bonds. The number of amidine groups is 1. The van der Waals surface area contributed by atoms with Crippen molar-refractivity contribution in [3.8, 4) is 11.5 Å². The molecular formula is C20H17BrN2O3S. The zero-order valence-electron chi connectivity index (χ0n) is 14.6. The van der Waals surface area contributed by atoms with Crippen molar-refractivity contribution < 1.29 is 14.3 Å². The topological polar surface area (TPSA) is 51.1 Å². The molecule has 2 aromatic carbocycles. The summed E-state index contributed by atoms with van der Waals surface area (Å²) in [5, 5.41) is 0.705. The molecule has 2 aliphatic rings. The first kappa shape index (κ1) is 18.1. The van der Waals surface area contributed by atoms with Gasteiger partial charge in [-0.3, -0.25) is 9.69 Å². The minimum Gasteiger partial charge on any atom is -0.454 e. The lowest BCUT2D eigenvalue weighted by Crippen LogP contribution is -2.29. The van der Waals surface area contributed by atoms with Crippen LogP contribution in [0.25, 0.3) is 6.08 Å². The third-order valence-corrected chi connectivity index (χ3v) is 5.79. The van der Waals surface area contributed by atoms with Crippen LogP contribution in [-0.2, 0) is 4.79 Å². The summed E-state index contributed by atoms with van der Waals surface area (Å²) in [6, 6.07) is 13.4. The normalized spacial score (nSPS) is 18.7. The van der Waals surface area contributed by atoms with Crippen molar-refractivity contribution in [2.75, 3.05) is 13.3 Å². The van der Waals surface area contributed by atoms with Crippen molar-refractivity contribution in [3.63, 3.8) is 0 Å². The molecule has 138 valence electrons. The minimum atomic E-state index is -0.0268. The maximum Gasteiger partial charge on any atom is 0.266 e. The Labute approximate surface area is 170 Å². The van der Waals surface area contributed by atoms with Crippen LogP contribution in [0, 0.1) is 0 Å². The minimum absolute atomic E-state index is 0.0268. The van der Waals surface area contributed by atoms with Gasteiger partial charge >= 0.3 is 0 Å². The van der Waals surface area contributed by atoms with Crippen LogP contribution in [0.15, 0.2) is 56.8 Å². The number of benzene rings is 2.